The van der Waals surface area contributed by atoms with Gasteiger partial charge in [0.25, 0.3) is 0 Å². The lowest BCUT2D eigenvalue weighted by atomic mass is 9.47. The summed E-state index contributed by atoms with van der Waals surface area (Å²) in [5, 5.41) is 3.47. The number of esters is 1. The van der Waals surface area contributed by atoms with E-state index in [-0.39, 0.29) is 47.3 Å². The van der Waals surface area contributed by atoms with Crippen LogP contribution >= 0.6 is 0 Å². The maximum Gasteiger partial charge on any atom is 0.306 e. The highest BCUT2D eigenvalue weighted by atomic mass is 16.5. The Bertz CT molecular complexity index is 1150. The van der Waals surface area contributed by atoms with Crippen molar-refractivity contribution in [3.63, 3.8) is 0 Å². The normalized spacial score (nSPS) is 30.7. The molecule has 3 saturated carbocycles. The topological polar surface area (TPSA) is 111 Å². The molecule has 7 atom stereocenters. The Kier molecular flexibility index (Phi) is 15.1. The van der Waals surface area contributed by atoms with Gasteiger partial charge in [0, 0.05) is 37.0 Å². The van der Waals surface area contributed by atoms with Crippen molar-refractivity contribution in [3.8, 4) is 0 Å². The molecule has 5 N–H and O–H groups in total. The average Bonchev–Trinajstić information content (AvgIpc) is 3.38. The van der Waals surface area contributed by atoms with Gasteiger partial charge in [-0.15, -0.1) is 0 Å². The minimum absolute atomic E-state index is 0.0281. The fourth-order valence-corrected chi connectivity index (χ4v) is 10.7. The molecule has 4 rings (SSSR count). The number of nitrogens with two attached hydrogens (primary N) is 2. The van der Waals surface area contributed by atoms with E-state index in [0.29, 0.717) is 18.5 Å². The lowest BCUT2D eigenvalue weighted by Gasteiger charge is -2.58. The van der Waals surface area contributed by atoms with Crippen molar-refractivity contribution in [2.45, 2.75) is 188 Å². The van der Waals surface area contributed by atoms with Gasteiger partial charge in [-0.05, 0) is 158 Å². The van der Waals surface area contributed by atoms with Gasteiger partial charge in [0.05, 0.1) is 6.42 Å². The van der Waals surface area contributed by atoms with Crippen molar-refractivity contribution in [2.75, 3.05) is 26.2 Å². The second-order valence-corrected chi connectivity index (χ2v) is 19.9. The van der Waals surface area contributed by atoms with E-state index in [1.807, 2.05) is 32.6 Å². The Morgan fingerprint density at radius 2 is 1.65 bits per heavy atom. The number of carbonyl (C=O) groups is 2. The third-order valence-electron chi connectivity index (χ3n) is 14.0. The lowest BCUT2D eigenvalue weighted by Crippen LogP contribution is -2.50. The van der Waals surface area contributed by atoms with E-state index >= 15 is 0 Å². The molecular formula is C44H80N4O3. The highest BCUT2D eigenvalue weighted by Gasteiger charge is 2.58. The van der Waals surface area contributed by atoms with Crippen LogP contribution in [0, 0.1) is 40.4 Å². The van der Waals surface area contributed by atoms with E-state index in [0.717, 1.165) is 87.6 Å². The molecule has 1 amide bonds. The number of allylic oxidation sites excluding steroid dienone is 1. The van der Waals surface area contributed by atoms with Crippen LogP contribution in [-0.4, -0.2) is 60.1 Å². The van der Waals surface area contributed by atoms with Gasteiger partial charge < -0.3 is 26.4 Å². The minimum Gasteiger partial charge on any atom is -0.462 e. The van der Waals surface area contributed by atoms with Gasteiger partial charge in [0.15, 0.2) is 0 Å². The molecule has 7 heteroatoms. The Morgan fingerprint density at radius 3 is 2.35 bits per heavy atom. The Balaban J connectivity index is 1.24. The van der Waals surface area contributed by atoms with Crippen LogP contribution in [0.5, 0.6) is 0 Å². The lowest BCUT2D eigenvalue weighted by molar-refractivity contribution is -0.153. The number of hydrogen-bond donors (Lipinski definition) is 3. The summed E-state index contributed by atoms with van der Waals surface area (Å²) < 4.78 is 6.10. The van der Waals surface area contributed by atoms with Gasteiger partial charge in [0.2, 0.25) is 5.91 Å². The molecule has 7 unspecified atom stereocenters. The van der Waals surface area contributed by atoms with Crippen molar-refractivity contribution in [1.29, 1.82) is 0 Å². The number of rotatable bonds is 20. The maximum atomic E-state index is 13.3. The first-order valence-corrected chi connectivity index (χ1v) is 21.4. The smallest absolute Gasteiger partial charge is 0.306 e. The van der Waals surface area contributed by atoms with Gasteiger partial charge in [-0.25, -0.2) is 0 Å². The van der Waals surface area contributed by atoms with Gasteiger partial charge in [0.1, 0.15) is 6.10 Å². The molecule has 0 spiro atoms. The molecule has 0 aromatic rings. The third-order valence-corrected chi connectivity index (χ3v) is 14.0. The monoisotopic (exact) mass is 713 g/mol. The average molecular weight is 713 g/mol. The van der Waals surface area contributed by atoms with Crippen molar-refractivity contribution >= 4 is 11.9 Å². The molecule has 0 aromatic carbocycles. The molecule has 4 aliphatic carbocycles. The summed E-state index contributed by atoms with van der Waals surface area (Å²) in [7, 11) is 0. The summed E-state index contributed by atoms with van der Waals surface area (Å²) >= 11 is 0. The van der Waals surface area contributed by atoms with Crippen LogP contribution in [0.25, 0.3) is 0 Å². The first-order valence-electron chi connectivity index (χ1n) is 21.4. The van der Waals surface area contributed by atoms with E-state index in [9.17, 15) is 9.59 Å². The molecule has 0 saturated heterocycles. The second-order valence-electron chi connectivity index (χ2n) is 19.9. The number of nitrogens with zero attached hydrogens (tertiary/aromatic N) is 1. The first kappa shape index (κ1) is 42.3. The summed E-state index contributed by atoms with van der Waals surface area (Å²) in [5.41, 5.74) is 14.2. The molecular weight excluding hydrogens is 633 g/mol. The van der Waals surface area contributed by atoms with Crippen LogP contribution in [0.1, 0.15) is 171 Å². The summed E-state index contributed by atoms with van der Waals surface area (Å²) in [4.78, 5) is 28.4. The van der Waals surface area contributed by atoms with Gasteiger partial charge in [-0.3, -0.25) is 9.59 Å². The standard InChI is InChI=1S/C44H80N4O3/c1-32(2)13-9-10-14-33-16-18-37-36-17-15-34-31-35(21-23-44(34,8)38(36)22-24-43(33,37)7)51-40(50)20-19-39(49)48(30-26-42(5,6)46)29-12-11-27-47-28-25-41(3,4)45/h15,32-33,35-38,47H,9-14,16-31,45-46H2,1-8H3. The molecule has 294 valence electrons. The summed E-state index contributed by atoms with van der Waals surface area (Å²) in [6.07, 6.45) is 21.8. The van der Waals surface area contributed by atoms with E-state index in [1.54, 1.807) is 5.57 Å². The summed E-state index contributed by atoms with van der Waals surface area (Å²) in [5.74, 6) is 3.99. The van der Waals surface area contributed by atoms with E-state index in [2.05, 4.69) is 39.1 Å². The van der Waals surface area contributed by atoms with E-state index in [1.165, 1.54) is 57.8 Å². The van der Waals surface area contributed by atoms with E-state index < -0.39 is 0 Å². The molecule has 0 aliphatic heterocycles. The Labute approximate surface area is 313 Å². The van der Waals surface area contributed by atoms with Gasteiger partial charge in [-0.1, -0.05) is 58.6 Å². The minimum atomic E-state index is -0.346. The second kappa shape index (κ2) is 18.3. The molecule has 4 aliphatic rings. The fourth-order valence-electron chi connectivity index (χ4n) is 10.7. The molecule has 0 bridgehead atoms. The Morgan fingerprint density at radius 1 is 0.902 bits per heavy atom. The zero-order valence-electron chi connectivity index (χ0n) is 34.4. The predicted octanol–water partition coefficient (Wildman–Crippen LogP) is 8.93. The number of fused-ring (bicyclic) bond motifs is 5. The molecule has 0 heterocycles. The van der Waals surface area contributed by atoms with Crippen LogP contribution in [0.4, 0.5) is 0 Å². The molecule has 7 nitrogen and oxygen atoms in total. The first-order chi connectivity index (χ1) is 23.9. The highest BCUT2D eigenvalue weighted by molar-refractivity contribution is 5.81. The zero-order chi connectivity index (χ0) is 37.5. The number of carbonyl (C=O) groups excluding carboxylic acids is 2. The molecule has 0 radical (unpaired) electrons. The number of unbranched alkanes of at least 4 members (excludes halogenated alkanes) is 2. The Hall–Kier alpha value is -1.44. The fraction of sp³-hybridized carbons (Fsp3) is 0.909. The van der Waals surface area contributed by atoms with Gasteiger partial charge in [-0.2, -0.15) is 0 Å². The van der Waals surface area contributed by atoms with E-state index in [4.69, 9.17) is 16.2 Å². The van der Waals surface area contributed by atoms with Crippen LogP contribution in [0.3, 0.4) is 0 Å². The molecule has 51 heavy (non-hydrogen) atoms. The number of ether oxygens (including phenoxy) is 1. The largest absolute Gasteiger partial charge is 0.462 e. The quantitative estimate of drug-likeness (QED) is 0.0661. The summed E-state index contributed by atoms with van der Waals surface area (Å²) in [6.45, 7) is 21.1. The molecule has 3 fully saturated rings. The van der Waals surface area contributed by atoms with Crippen molar-refractivity contribution in [3.05, 3.63) is 11.6 Å². The SMILES string of the molecule is CC(C)CCCCC1CCC2C3CC=C4CC(OC(=O)CCC(=O)N(CCCCNCCC(C)(C)N)CCC(C)(C)N)CCC4(C)C3CCC12C. The zero-order valence-corrected chi connectivity index (χ0v) is 34.4. The molecule has 0 aromatic heterocycles. The highest BCUT2D eigenvalue weighted by Crippen LogP contribution is 2.66. The van der Waals surface area contributed by atoms with Crippen molar-refractivity contribution in [2.24, 2.45) is 51.9 Å². The number of amides is 1. The summed E-state index contributed by atoms with van der Waals surface area (Å²) in [6, 6.07) is 0. The third kappa shape index (κ3) is 12.0. The predicted molar refractivity (Wildman–Crippen MR) is 212 cm³/mol. The van der Waals surface area contributed by atoms with Crippen LogP contribution in [0.2, 0.25) is 0 Å². The van der Waals surface area contributed by atoms with Crippen molar-refractivity contribution in [1.82, 2.24) is 10.2 Å². The van der Waals surface area contributed by atoms with Crippen LogP contribution in [0.15, 0.2) is 11.6 Å². The maximum absolute atomic E-state index is 13.3. The van der Waals surface area contributed by atoms with Crippen molar-refractivity contribution < 1.29 is 14.3 Å². The number of nitrogens with one attached hydrogen (secondary N) is 1. The van der Waals surface area contributed by atoms with Crippen LogP contribution in [-0.2, 0) is 14.3 Å². The number of hydrogen-bond acceptors (Lipinski definition) is 6. The van der Waals surface area contributed by atoms with Gasteiger partial charge >= 0.3 is 5.97 Å². The van der Waals surface area contributed by atoms with Crippen LogP contribution < -0.4 is 16.8 Å².